The van der Waals surface area contributed by atoms with Crippen LogP contribution in [0.3, 0.4) is 0 Å². The lowest BCUT2D eigenvalue weighted by atomic mass is 9.48. The first-order chi connectivity index (χ1) is 72.0. The summed E-state index contributed by atoms with van der Waals surface area (Å²) in [6.45, 7) is 14.7. The van der Waals surface area contributed by atoms with Crippen LogP contribution in [0.4, 0.5) is 51.2 Å². The fraction of sp³-hybridized carbons (Fsp3) is 0.476. The first kappa shape index (κ1) is 90.3. The van der Waals surface area contributed by atoms with Crippen LogP contribution >= 0.6 is 0 Å². The zero-order valence-electron chi connectivity index (χ0n) is 89.3. The molecule has 24 bridgehead atoms. The van der Waals surface area contributed by atoms with Crippen LogP contribution in [-0.4, -0.2) is 0 Å². The van der Waals surface area contributed by atoms with Gasteiger partial charge in [-0.25, -0.2) is 0 Å². The Morgan fingerprint density at radius 1 is 0.155 bits per heavy atom. The average Bonchev–Trinajstić information content (AvgIpc) is 1.63. The minimum atomic E-state index is -0.0452. The molecular formula is C145H155N3. The number of anilines is 9. The first-order valence-electron chi connectivity index (χ1n) is 60.2. The van der Waals surface area contributed by atoms with E-state index in [9.17, 15) is 0 Å². The lowest BCUT2D eigenvalue weighted by Gasteiger charge is -2.57. The summed E-state index contributed by atoms with van der Waals surface area (Å²) >= 11 is 0. The van der Waals surface area contributed by atoms with E-state index in [0.29, 0.717) is 32.5 Å². The number of benzene rings is 13. The quantitative estimate of drug-likeness (QED) is 0.101. The largest absolute Gasteiger partial charge is 0.310 e. The normalized spacial score (nSPS) is 35.3. The number of nitrogens with zero attached hydrogens (tertiary/aromatic N) is 3. The molecular weight excluding hydrogens is 1780 g/mol. The van der Waals surface area contributed by atoms with E-state index in [2.05, 4.69) is 341 Å². The van der Waals surface area contributed by atoms with Crippen molar-refractivity contribution < 1.29 is 0 Å². The summed E-state index contributed by atoms with van der Waals surface area (Å²) in [5, 5.41) is 2.59. The Labute approximate surface area is 883 Å². The summed E-state index contributed by atoms with van der Waals surface area (Å²) in [6, 6.07) is 114. The van der Waals surface area contributed by atoms with Crippen molar-refractivity contribution in [2.75, 3.05) is 14.7 Å². The molecule has 0 saturated heterocycles. The van der Waals surface area contributed by atoms with Crippen LogP contribution in [0.1, 0.15) is 339 Å². The Kier molecular flexibility index (Phi) is 20.0. The predicted molar refractivity (Wildman–Crippen MR) is 613 cm³/mol. The second kappa shape index (κ2) is 32.8. The molecule has 13 aromatic carbocycles. The van der Waals surface area contributed by atoms with Gasteiger partial charge in [-0.2, -0.15) is 0 Å². The van der Waals surface area contributed by atoms with Gasteiger partial charge in [0.25, 0.3) is 0 Å². The Bertz CT molecular complexity index is 7290. The van der Waals surface area contributed by atoms with E-state index in [-0.39, 0.29) is 16.2 Å². The molecule has 27 aliphatic rings. The van der Waals surface area contributed by atoms with Crippen LogP contribution in [0.2, 0.25) is 0 Å². The smallest absolute Gasteiger partial charge is 0.0499 e. The van der Waals surface area contributed by atoms with Crippen molar-refractivity contribution in [2.24, 2.45) is 107 Å². The molecule has 0 amide bonds. The summed E-state index contributed by atoms with van der Waals surface area (Å²) < 4.78 is 0. The Hall–Kier alpha value is -10.5. The molecule has 24 saturated carbocycles. The molecule has 0 aromatic heterocycles. The molecule has 13 aromatic rings. The van der Waals surface area contributed by atoms with Gasteiger partial charge >= 0.3 is 0 Å². The first-order valence-corrected chi connectivity index (χ1v) is 60.2. The van der Waals surface area contributed by atoms with Crippen LogP contribution in [0.5, 0.6) is 0 Å². The topological polar surface area (TPSA) is 9.72 Å². The van der Waals surface area contributed by atoms with E-state index >= 15 is 0 Å². The number of hydrogen-bond donors (Lipinski definition) is 0. The van der Waals surface area contributed by atoms with Gasteiger partial charge in [-0.3, -0.25) is 0 Å². The van der Waals surface area contributed by atoms with E-state index in [0.717, 1.165) is 107 Å². The standard InChI is InChI=1S/C51H53N.2C47H51N/c1-49(2)47-24-41(51-29-35-20-36(30-51)22-37(21-35)31-51)10-15-45(47)46-16-14-44(25-48(46)49)52(43-11-7-38-5-3-4-6-39(38)23-43)42-12-8-40(9-13-42)50-26-32-17-33(27-50)19-34(18-32)28-50;1-45(2)43-9-4-3-8-41(43)42-15-14-40(23-44(42)45)48(38-12-10-36(11-13-38)46-24-30-16-31(25-46)18-32(17-30)26-46)39-7-5-6-37(22-39)47-27-33-19-34(28-47)21-35(20-33)29-47;1-45(2)41-8-4-3-7-39(41)40-16-15-38(23-43(40)45)48(37-13-11-36(12-14-37)46-24-30-17-31(25-46)19-32(18-30)26-46)44-10-6-5-9-42(44)47-27-33-20-34(28-47)22-35(21-33)29-47/h3-16,23-25,32-37H,17-22,26-31H2,1-2H3;3-15,22-23,30-35H,16-21,24-29H2,1-2H3;3-16,23,30-35H,17-22,24-29H2,1-2H3. The molecule has 148 heavy (non-hydrogen) atoms. The molecule has 27 aliphatic carbocycles. The minimum Gasteiger partial charge on any atom is -0.310 e. The molecule has 0 spiro atoms. The van der Waals surface area contributed by atoms with Gasteiger partial charge in [0.05, 0.1) is 0 Å². The Morgan fingerprint density at radius 2 is 0.392 bits per heavy atom. The second-order valence-corrected chi connectivity index (χ2v) is 57.3. The highest BCUT2D eigenvalue weighted by atomic mass is 15.2. The van der Waals surface area contributed by atoms with Gasteiger partial charge in [0.2, 0.25) is 0 Å². The van der Waals surface area contributed by atoms with Crippen LogP contribution < -0.4 is 14.7 Å². The summed E-state index contributed by atoms with van der Waals surface area (Å²) in [7, 11) is 0. The monoisotopic (exact) mass is 1940 g/mol. The van der Waals surface area contributed by atoms with Crippen LogP contribution in [-0.2, 0) is 48.7 Å². The van der Waals surface area contributed by atoms with Crippen molar-refractivity contribution in [2.45, 2.75) is 321 Å². The molecule has 40 rings (SSSR count). The van der Waals surface area contributed by atoms with Crippen molar-refractivity contribution in [3.05, 3.63) is 352 Å². The number of fused-ring (bicyclic) bond motifs is 10. The number of para-hydroxylation sites is 1. The van der Waals surface area contributed by atoms with Gasteiger partial charge in [-0.05, 0) is 584 Å². The molecule has 0 unspecified atom stereocenters. The van der Waals surface area contributed by atoms with Crippen LogP contribution in [0, 0.1) is 107 Å². The summed E-state index contributed by atoms with van der Waals surface area (Å²) in [4.78, 5) is 7.82. The van der Waals surface area contributed by atoms with Gasteiger partial charge in [0.15, 0.2) is 0 Å². The number of hydrogen-bond acceptors (Lipinski definition) is 3. The SMILES string of the molecule is CC1(C)c2cc(N(c3ccc(C45CC6CC(CC(C6)C4)C5)cc3)c3ccc4ccccc4c3)ccc2-c2ccc(C34CC5CC(CC(C5)C3)C4)cc21.CC1(C)c2ccccc2-c2ccc(N(c3ccc(C45CC6CC(CC(C6)C4)C5)cc3)c3cccc(C45CC6CC(CC(C6)C4)C5)c3)cc21.CC1(C)c2ccccc2-c2ccc(N(c3ccc(C45CC6CC(CC(C6)C4)C5)cc3)c3ccccc3C34CC5CC(CC(C5)C3)C4)cc21. The summed E-state index contributed by atoms with van der Waals surface area (Å²) in [5.74, 6) is 17.2. The van der Waals surface area contributed by atoms with Crippen molar-refractivity contribution in [1.82, 2.24) is 0 Å². The maximum Gasteiger partial charge on any atom is 0.0499 e. The third-order valence-corrected chi connectivity index (χ3v) is 47.0. The fourth-order valence-electron chi connectivity index (χ4n) is 43.2. The fourth-order valence-corrected chi connectivity index (χ4v) is 43.2. The third kappa shape index (κ3) is 14.1. The van der Waals surface area contributed by atoms with Crippen molar-refractivity contribution in [1.29, 1.82) is 0 Å². The molecule has 750 valence electrons. The lowest BCUT2D eigenvalue weighted by molar-refractivity contribution is -0.00534. The maximum absolute atomic E-state index is 2.69. The van der Waals surface area contributed by atoms with Gasteiger partial charge in [0.1, 0.15) is 0 Å². The van der Waals surface area contributed by atoms with E-state index in [1.165, 1.54) is 354 Å². The van der Waals surface area contributed by atoms with Gasteiger partial charge in [-0.15, -0.1) is 0 Å². The lowest BCUT2D eigenvalue weighted by Crippen LogP contribution is -2.49. The summed E-state index contributed by atoms with van der Waals surface area (Å²) in [5.41, 5.74) is 41.2. The van der Waals surface area contributed by atoms with Gasteiger partial charge in [-0.1, -0.05) is 224 Å². The maximum atomic E-state index is 2.69. The zero-order valence-corrected chi connectivity index (χ0v) is 89.3. The van der Waals surface area contributed by atoms with Gasteiger partial charge < -0.3 is 14.7 Å². The van der Waals surface area contributed by atoms with E-state index in [1.807, 2.05) is 0 Å². The molecule has 0 atom stereocenters. The molecule has 24 fully saturated rings. The molecule has 3 nitrogen and oxygen atoms in total. The molecule has 0 heterocycles. The highest BCUT2D eigenvalue weighted by molar-refractivity contribution is 5.93. The van der Waals surface area contributed by atoms with E-state index in [4.69, 9.17) is 0 Å². The number of rotatable bonds is 15. The molecule has 0 N–H and O–H groups in total. The second-order valence-electron chi connectivity index (χ2n) is 57.3. The average molecular weight is 1940 g/mol. The molecule has 3 heteroatoms. The highest BCUT2D eigenvalue weighted by Gasteiger charge is 2.60. The Balaban J connectivity index is 0.0000000985. The highest BCUT2D eigenvalue weighted by Crippen LogP contribution is 2.71. The van der Waals surface area contributed by atoms with Crippen LogP contribution in [0.15, 0.2) is 285 Å². The minimum absolute atomic E-state index is 0.0168. The van der Waals surface area contributed by atoms with Gasteiger partial charge in [0, 0.05) is 67.4 Å². The molecule has 0 aliphatic heterocycles. The van der Waals surface area contributed by atoms with E-state index in [1.54, 1.807) is 38.9 Å². The van der Waals surface area contributed by atoms with Crippen molar-refractivity contribution in [3.63, 3.8) is 0 Å². The molecule has 0 radical (unpaired) electrons. The van der Waals surface area contributed by atoms with Crippen molar-refractivity contribution >= 4 is 62.0 Å². The van der Waals surface area contributed by atoms with Crippen LogP contribution in [0.25, 0.3) is 44.2 Å². The van der Waals surface area contributed by atoms with E-state index < -0.39 is 0 Å². The third-order valence-electron chi connectivity index (χ3n) is 47.0. The van der Waals surface area contributed by atoms with Crippen molar-refractivity contribution in [3.8, 4) is 33.4 Å². The zero-order chi connectivity index (χ0) is 98.1. The Morgan fingerprint density at radius 3 is 0.757 bits per heavy atom. The summed E-state index contributed by atoms with van der Waals surface area (Å²) in [6.07, 6.45) is 52.4. The predicted octanol–water partition coefficient (Wildman–Crippen LogP) is 38.3.